The Morgan fingerprint density at radius 2 is 1.55 bits per heavy atom. The van der Waals surface area contributed by atoms with Crippen molar-refractivity contribution in [1.29, 1.82) is 0 Å². The molecule has 5 nitrogen and oxygen atoms in total. The van der Waals surface area contributed by atoms with E-state index in [0.29, 0.717) is 12.1 Å². The lowest BCUT2D eigenvalue weighted by Gasteiger charge is -2.35. The van der Waals surface area contributed by atoms with Crippen LogP contribution in [0.15, 0.2) is 60.0 Å². The van der Waals surface area contributed by atoms with Gasteiger partial charge in [-0.3, -0.25) is 9.59 Å². The average molecular weight is 474 g/mol. The minimum absolute atomic E-state index is 0.102. The molecule has 1 fully saturated rings. The number of halogens is 3. The van der Waals surface area contributed by atoms with Gasteiger partial charge in [-0.25, -0.2) is 4.98 Å². The molecule has 0 N–H and O–H groups in total. The van der Waals surface area contributed by atoms with Gasteiger partial charge in [0.25, 0.3) is 5.91 Å². The smallest absolute Gasteiger partial charge is 0.339 e. The normalized spacial score (nSPS) is 14.4. The fourth-order valence-corrected chi connectivity index (χ4v) is 4.62. The molecule has 3 aromatic rings. The Morgan fingerprint density at radius 1 is 0.909 bits per heavy atom. The number of alkyl halides is 3. The van der Waals surface area contributed by atoms with Gasteiger partial charge in [0.2, 0.25) is 5.91 Å². The first-order valence-electron chi connectivity index (χ1n) is 10.5. The van der Waals surface area contributed by atoms with Crippen molar-refractivity contribution in [2.45, 2.75) is 19.0 Å². The number of piperazine rings is 1. The summed E-state index contributed by atoms with van der Waals surface area (Å²) < 4.78 is 39.7. The minimum atomic E-state index is -4.60. The standard InChI is InChI=1S/C24H22F3N3O2S/c25-24(26,27)20-9-5-4-8-19(20)23(32)30-12-10-29(11-13-30)22(31)15-18-16-33-21(28-18)14-17-6-2-1-3-7-17/h1-9,16H,10-15H2. The maximum atomic E-state index is 13.2. The van der Waals surface area contributed by atoms with Crippen LogP contribution in [0.1, 0.15) is 32.2 Å². The van der Waals surface area contributed by atoms with Crippen molar-refractivity contribution in [2.24, 2.45) is 0 Å². The summed E-state index contributed by atoms with van der Waals surface area (Å²) in [6.45, 7) is 0.930. The Hall–Kier alpha value is -3.20. The molecule has 0 aliphatic carbocycles. The summed E-state index contributed by atoms with van der Waals surface area (Å²) in [7, 11) is 0. The molecule has 0 saturated carbocycles. The third-order valence-electron chi connectivity index (χ3n) is 5.51. The summed E-state index contributed by atoms with van der Waals surface area (Å²) in [4.78, 5) is 33.0. The number of rotatable bonds is 5. The second-order valence-corrected chi connectivity index (χ2v) is 8.73. The Labute approximate surface area is 193 Å². The van der Waals surface area contributed by atoms with Crippen molar-refractivity contribution < 1.29 is 22.8 Å². The quantitative estimate of drug-likeness (QED) is 0.556. The molecule has 0 spiro atoms. The third kappa shape index (κ3) is 5.60. The number of hydrogen-bond donors (Lipinski definition) is 0. The predicted molar refractivity (Wildman–Crippen MR) is 119 cm³/mol. The average Bonchev–Trinajstić information content (AvgIpc) is 3.25. The van der Waals surface area contributed by atoms with Crippen LogP contribution in [0, 0.1) is 0 Å². The molecule has 1 aliphatic heterocycles. The molecule has 1 saturated heterocycles. The van der Waals surface area contributed by atoms with Crippen molar-refractivity contribution in [1.82, 2.24) is 14.8 Å². The molecule has 9 heteroatoms. The van der Waals surface area contributed by atoms with Crippen LogP contribution in [0.25, 0.3) is 0 Å². The zero-order valence-corrected chi connectivity index (χ0v) is 18.5. The molecule has 0 unspecified atom stereocenters. The van der Waals surface area contributed by atoms with Gasteiger partial charge < -0.3 is 9.80 Å². The number of carbonyl (C=O) groups is 2. The maximum Gasteiger partial charge on any atom is 0.417 e. The van der Waals surface area contributed by atoms with Crippen LogP contribution < -0.4 is 0 Å². The van der Waals surface area contributed by atoms with Gasteiger partial charge >= 0.3 is 6.18 Å². The number of hydrogen-bond acceptors (Lipinski definition) is 4. The van der Waals surface area contributed by atoms with E-state index < -0.39 is 17.6 Å². The molecular formula is C24H22F3N3O2S. The highest BCUT2D eigenvalue weighted by atomic mass is 32.1. The van der Waals surface area contributed by atoms with E-state index in [-0.39, 0.29) is 44.1 Å². The van der Waals surface area contributed by atoms with Gasteiger partial charge in [0.05, 0.1) is 28.2 Å². The highest BCUT2D eigenvalue weighted by Gasteiger charge is 2.36. The molecule has 33 heavy (non-hydrogen) atoms. The number of nitrogens with zero attached hydrogens (tertiary/aromatic N) is 3. The highest BCUT2D eigenvalue weighted by Crippen LogP contribution is 2.32. The first-order valence-corrected chi connectivity index (χ1v) is 11.4. The molecule has 2 heterocycles. The third-order valence-corrected chi connectivity index (χ3v) is 6.41. The van der Waals surface area contributed by atoms with Crippen LogP contribution in [-0.4, -0.2) is 52.8 Å². The lowest BCUT2D eigenvalue weighted by atomic mass is 10.1. The lowest BCUT2D eigenvalue weighted by Crippen LogP contribution is -2.51. The van der Waals surface area contributed by atoms with Gasteiger partial charge in [0, 0.05) is 38.0 Å². The van der Waals surface area contributed by atoms with Crippen LogP contribution in [0.2, 0.25) is 0 Å². The van der Waals surface area contributed by atoms with Crippen molar-refractivity contribution in [3.05, 3.63) is 87.4 Å². The molecular weight excluding hydrogens is 451 g/mol. The summed E-state index contributed by atoms with van der Waals surface area (Å²) in [5.41, 5.74) is 0.549. The van der Waals surface area contributed by atoms with Crippen LogP contribution >= 0.6 is 11.3 Å². The SMILES string of the molecule is O=C(Cc1csc(Cc2ccccc2)n1)N1CCN(C(=O)c2ccccc2C(F)(F)F)CC1. The molecule has 1 aliphatic rings. The second-order valence-electron chi connectivity index (χ2n) is 7.79. The van der Waals surface area contributed by atoms with Crippen LogP contribution in [-0.2, 0) is 23.8 Å². The van der Waals surface area contributed by atoms with E-state index >= 15 is 0 Å². The Morgan fingerprint density at radius 3 is 2.24 bits per heavy atom. The molecule has 1 aromatic heterocycles. The monoisotopic (exact) mass is 473 g/mol. The number of aromatic nitrogens is 1. The molecule has 172 valence electrons. The van der Waals surface area contributed by atoms with Crippen LogP contribution in [0.5, 0.6) is 0 Å². The number of benzene rings is 2. The van der Waals surface area contributed by atoms with Gasteiger partial charge in [-0.2, -0.15) is 13.2 Å². The van der Waals surface area contributed by atoms with Gasteiger partial charge in [0.15, 0.2) is 0 Å². The van der Waals surface area contributed by atoms with Crippen molar-refractivity contribution in [3.63, 3.8) is 0 Å². The fraction of sp³-hybridized carbons (Fsp3) is 0.292. The number of carbonyl (C=O) groups excluding carboxylic acids is 2. The topological polar surface area (TPSA) is 53.5 Å². The Kier molecular flexibility index (Phi) is 6.78. The molecule has 0 radical (unpaired) electrons. The highest BCUT2D eigenvalue weighted by molar-refractivity contribution is 7.09. The summed E-state index contributed by atoms with van der Waals surface area (Å²) in [6.07, 6.45) is -3.73. The van der Waals surface area contributed by atoms with Crippen LogP contribution in [0.4, 0.5) is 13.2 Å². The first-order chi connectivity index (χ1) is 15.8. The molecule has 0 atom stereocenters. The molecule has 4 rings (SSSR count). The van der Waals surface area contributed by atoms with E-state index in [9.17, 15) is 22.8 Å². The van der Waals surface area contributed by atoms with Gasteiger partial charge in [-0.1, -0.05) is 42.5 Å². The molecule has 0 bridgehead atoms. The zero-order chi connectivity index (χ0) is 23.4. The van der Waals surface area contributed by atoms with Crippen molar-refractivity contribution >= 4 is 23.2 Å². The summed E-state index contributed by atoms with van der Waals surface area (Å²) in [5, 5.41) is 2.81. The summed E-state index contributed by atoms with van der Waals surface area (Å²) in [6, 6.07) is 14.7. The maximum absolute atomic E-state index is 13.2. The summed E-state index contributed by atoms with van der Waals surface area (Å²) >= 11 is 1.51. The van der Waals surface area contributed by atoms with Crippen LogP contribution in [0.3, 0.4) is 0 Å². The van der Waals surface area contributed by atoms with E-state index in [0.717, 1.165) is 16.6 Å². The van der Waals surface area contributed by atoms with Crippen molar-refractivity contribution in [2.75, 3.05) is 26.2 Å². The van der Waals surface area contributed by atoms with E-state index in [1.807, 2.05) is 35.7 Å². The van der Waals surface area contributed by atoms with Gasteiger partial charge in [-0.05, 0) is 17.7 Å². The van der Waals surface area contributed by atoms with Gasteiger partial charge in [-0.15, -0.1) is 11.3 Å². The predicted octanol–water partition coefficient (Wildman–Crippen LogP) is 4.28. The lowest BCUT2D eigenvalue weighted by molar-refractivity contribution is -0.138. The van der Waals surface area contributed by atoms with E-state index in [2.05, 4.69) is 4.98 Å². The van der Waals surface area contributed by atoms with Crippen molar-refractivity contribution in [3.8, 4) is 0 Å². The largest absolute Gasteiger partial charge is 0.417 e. The Bertz CT molecular complexity index is 1120. The van der Waals surface area contributed by atoms with Gasteiger partial charge in [0.1, 0.15) is 0 Å². The fourth-order valence-electron chi connectivity index (χ4n) is 3.79. The minimum Gasteiger partial charge on any atom is -0.339 e. The molecule has 2 amide bonds. The second kappa shape index (κ2) is 9.74. The summed E-state index contributed by atoms with van der Waals surface area (Å²) in [5.74, 6) is -0.769. The van der Waals surface area contributed by atoms with E-state index in [1.54, 1.807) is 4.90 Å². The van der Waals surface area contributed by atoms with E-state index in [1.165, 1.54) is 34.4 Å². The Balaban J connectivity index is 1.32. The molecule has 2 aromatic carbocycles. The van der Waals surface area contributed by atoms with E-state index in [4.69, 9.17) is 0 Å². The zero-order valence-electron chi connectivity index (χ0n) is 17.7. The number of thiazole rings is 1. The first kappa shape index (κ1) is 23.0. The number of amides is 2.